The van der Waals surface area contributed by atoms with Gasteiger partial charge in [0.1, 0.15) is 23.9 Å². The van der Waals surface area contributed by atoms with Crippen molar-refractivity contribution in [2.45, 2.75) is 6.61 Å². The molecule has 18 heavy (non-hydrogen) atoms. The van der Waals surface area contributed by atoms with Crippen LogP contribution in [0.4, 0.5) is 5.69 Å². The molecule has 0 atom stereocenters. The quantitative estimate of drug-likeness (QED) is 0.812. The molecule has 0 aromatic heterocycles. The molecule has 4 nitrogen and oxygen atoms in total. The third-order valence-corrected chi connectivity index (χ3v) is 2.54. The Hall–Kier alpha value is -2.36. The van der Waals surface area contributed by atoms with E-state index >= 15 is 0 Å². The summed E-state index contributed by atoms with van der Waals surface area (Å²) in [4.78, 5) is 0. The summed E-state index contributed by atoms with van der Waals surface area (Å²) in [5.74, 6) is 1.57. The van der Waals surface area contributed by atoms with Gasteiger partial charge >= 0.3 is 0 Å². The van der Waals surface area contributed by atoms with E-state index in [1.165, 1.54) is 0 Å². The Labute approximate surface area is 106 Å². The summed E-state index contributed by atoms with van der Waals surface area (Å²) in [7, 11) is 1.58. The normalized spacial score (nSPS) is 10.1. The van der Waals surface area contributed by atoms with Gasteiger partial charge in [-0.25, -0.2) is 0 Å². The highest BCUT2D eigenvalue weighted by molar-refractivity contribution is 5.54. The Balaban J connectivity index is 2.02. The number of ether oxygens (including phenoxy) is 2. The zero-order valence-corrected chi connectivity index (χ0v) is 10.1. The molecule has 0 saturated heterocycles. The number of hydrogen-bond acceptors (Lipinski definition) is 4. The average molecular weight is 245 g/mol. The zero-order chi connectivity index (χ0) is 13.0. The molecule has 2 rings (SSSR count). The molecular weight excluding hydrogens is 230 g/mol. The molecule has 0 fully saturated rings. The second-order valence-electron chi connectivity index (χ2n) is 3.86. The van der Waals surface area contributed by atoms with Crippen LogP contribution in [0.5, 0.6) is 17.2 Å². The van der Waals surface area contributed by atoms with Crippen LogP contribution in [0.1, 0.15) is 5.56 Å². The summed E-state index contributed by atoms with van der Waals surface area (Å²) in [6.07, 6.45) is 0. The fourth-order valence-corrected chi connectivity index (χ4v) is 1.58. The van der Waals surface area contributed by atoms with Crippen LogP contribution >= 0.6 is 0 Å². The van der Waals surface area contributed by atoms with Gasteiger partial charge in [0, 0.05) is 0 Å². The van der Waals surface area contributed by atoms with Crippen LogP contribution in [0, 0.1) is 0 Å². The number of hydrogen-bond donors (Lipinski definition) is 2. The summed E-state index contributed by atoms with van der Waals surface area (Å²) >= 11 is 0. The maximum absolute atomic E-state index is 9.15. The predicted molar refractivity (Wildman–Crippen MR) is 69.8 cm³/mol. The van der Waals surface area contributed by atoms with E-state index in [-0.39, 0.29) is 5.75 Å². The van der Waals surface area contributed by atoms with Gasteiger partial charge in [-0.1, -0.05) is 6.07 Å². The van der Waals surface area contributed by atoms with Gasteiger partial charge in [-0.15, -0.1) is 0 Å². The molecule has 0 saturated carbocycles. The van der Waals surface area contributed by atoms with Gasteiger partial charge in [0.05, 0.1) is 12.8 Å². The zero-order valence-electron chi connectivity index (χ0n) is 10.1. The number of phenols is 1. The van der Waals surface area contributed by atoms with Gasteiger partial charge in [-0.2, -0.15) is 0 Å². The largest absolute Gasteiger partial charge is 0.508 e. The lowest BCUT2D eigenvalue weighted by molar-refractivity contribution is 0.305. The third-order valence-electron chi connectivity index (χ3n) is 2.54. The van der Waals surface area contributed by atoms with Crippen molar-refractivity contribution >= 4 is 5.69 Å². The summed E-state index contributed by atoms with van der Waals surface area (Å²) in [6, 6.07) is 12.1. The van der Waals surface area contributed by atoms with Crippen LogP contribution in [-0.4, -0.2) is 12.2 Å². The van der Waals surface area contributed by atoms with Crippen LogP contribution < -0.4 is 15.2 Å². The Morgan fingerprint density at radius 3 is 2.44 bits per heavy atom. The average Bonchev–Trinajstić information content (AvgIpc) is 2.38. The number of nitrogens with two attached hydrogens (primary N) is 1. The highest BCUT2D eigenvalue weighted by Crippen LogP contribution is 2.23. The van der Waals surface area contributed by atoms with Gasteiger partial charge in [0.15, 0.2) is 0 Å². The molecule has 0 aliphatic rings. The minimum absolute atomic E-state index is 0.219. The maximum Gasteiger partial charge on any atom is 0.141 e. The maximum atomic E-state index is 9.15. The second-order valence-corrected chi connectivity index (χ2v) is 3.86. The van der Waals surface area contributed by atoms with E-state index in [1.807, 2.05) is 18.2 Å². The molecular formula is C14H15NO3. The van der Waals surface area contributed by atoms with Crippen molar-refractivity contribution in [1.29, 1.82) is 0 Å². The Kier molecular flexibility index (Phi) is 3.57. The number of rotatable bonds is 4. The molecule has 0 bridgehead atoms. The standard InChI is InChI=1S/C14H15NO3/c1-17-14-7-2-10(8-13(14)15)9-18-12-5-3-11(16)4-6-12/h2-8,16H,9,15H2,1H3. The molecule has 0 radical (unpaired) electrons. The second kappa shape index (κ2) is 5.31. The van der Waals surface area contributed by atoms with E-state index in [4.69, 9.17) is 20.3 Å². The smallest absolute Gasteiger partial charge is 0.141 e. The molecule has 4 heteroatoms. The lowest BCUT2D eigenvalue weighted by atomic mass is 10.2. The van der Waals surface area contributed by atoms with Crippen molar-refractivity contribution in [3.8, 4) is 17.2 Å². The highest BCUT2D eigenvalue weighted by Gasteiger charge is 2.01. The highest BCUT2D eigenvalue weighted by atomic mass is 16.5. The molecule has 2 aromatic carbocycles. The Morgan fingerprint density at radius 1 is 1.11 bits per heavy atom. The van der Waals surface area contributed by atoms with Gasteiger partial charge in [0.2, 0.25) is 0 Å². The predicted octanol–water partition coefficient (Wildman–Crippen LogP) is 2.56. The first-order valence-electron chi connectivity index (χ1n) is 5.53. The fraction of sp³-hybridized carbons (Fsp3) is 0.143. The Morgan fingerprint density at radius 2 is 1.83 bits per heavy atom. The molecule has 0 aliphatic heterocycles. The van der Waals surface area contributed by atoms with E-state index in [2.05, 4.69) is 0 Å². The topological polar surface area (TPSA) is 64.7 Å². The van der Waals surface area contributed by atoms with E-state index in [0.717, 1.165) is 5.56 Å². The van der Waals surface area contributed by atoms with Crippen molar-refractivity contribution in [3.05, 3.63) is 48.0 Å². The number of methoxy groups -OCH3 is 1. The first-order valence-corrected chi connectivity index (χ1v) is 5.53. The monoisotopic (exact) mass is 245 g/mol. The minimum atomic E-state index is 0.219. The van der Waals surface area contributed by atoms with Crippen LogP contribution in [0.3, 0.4) is 0 Å². The third kappa shape index (κ3) is 2.85. The van der Waals surface area contributed by atoms with Crippen LogP contribution in [0.25, 0.3) is 0 Å². The van der Waals surface area contributed by atoms with Crippen LogP contribution in [-0.2, 0) is 6.61 Å². The fourth-order valence-electron chi connectivity index (χ4n) is 1.58. The number of phenolic OH excluding ortho intramolecular Hbond substituents is 1. The van der Waals surface area contributed by atoms with E-state index in [0.29, 0.717) is 23.8 Å². The van der Waals surface area contributed by atoms with Gasteiger partial charge in [-0.3, -0.25) is 0 Å². The van der Waals surface area contributed by atoms with Gasteiger partial charge in [-0.05, 0) is 42.0 Å². The first kappa shape index (κ1) is 12.1. The molecule has 2 aromatic rings. The van der Waals surface area contributed by atoms with Gasteiger partial charge in [0.25, 0.3) is 0 Å². The summed E-state index contributed by atoms with van der Waals surface area (Å²) < 4.78 is 10.7. The molecule has 0 aliphatic carbocycles. The van der Waals surface area contributed by atoms with Crippen molar-refractivity contribution in [2.24, 2.45) is 0 Å². The molecule has 0 unspecified atom stereocenters. The van der Waals surface area contributed by atoms with Crippen molar-refractivity contribution in [3.63, 3.8) is 0 Å². The van der Waals surface area contributed by atoms with Crippen LogP contribution in [0.15, 0.2) is 42.5 Å². The molecule has 0 spiro atoms. The van der Waals surface area contributed by atoms with E-state index in [1.54, 1.807) is 31.4 Å². The summed E-state index contributed by atoms with van der Waals surface area (Å²) in [5, 5.41) is 9.15. The Bertz CT molecular complexity index is 523. The van der Waals surface area contributed by atoms with E-state index < -0.39 is 0 Å². The molecule has 0 heterocycles. The van der Waals surface area contributed by atoms with Crippen LogP contribution in [0.2, 0.25) is 0 Å². The lowest BCUT2D eigenvalue weighted by Crippen LogP contribution is -1.98. The molecule has 3 N–H and O–H groups in total. The van der Waals surface area contributed by atoms with Crippen molar-refractivity contribution in [2.75, 3.05) is 12.8 Å². The molecule has 94 valence electrons. The summed E-state index contributed by atoms with van der Waals surface area (Å²) in [5.41, 5.74) is 7.35. The number of aromatic hydroxyl groups is 1. The minimum Gasteiger partial charge on any atom is -0.508 e. The number of anilines is 1. The SMILES string of the molecule is COc1ccc(COc2ccc(O)cc2)cc1N. The number of nitrogen functional groups attached to an aromatic ring is 1. The van der Waals surface area contributed by atoms with E-state index in [9.17, 15) is 0 Å². The molecule has 0 amide bonds. The summed E-state index contributed by atoms with van der Waals surface area (Å²) in [6.45, 7) is 0.416. The van der Waals surface area contributed by atoms with Crippen molar-refractivity contribution in [1.82, 2.24) is 0 Å². The lowest BCUT2D eigenvalue weighted by Gasteiger charge is -2.09. The van der Waals surface area contributed by atoms with Gasteiger partial charge < -0.3 is 20.3 Å². The van der Waals surface area contributed by atoms with Crippen molar-refractivity contribution < 1.29 is 14.6 Å². The first-order chi connectivity index (χ1) is 8.69. The number of benzene rings is 2.